The number of sulfonamides is 1. The molecular formula is C28H33N3O4S. The van der Waals surface area contributed by atoms with E-state index in [9.17, 15) is 18.0 Å². The van der Waals surface area contributed by atoms with Gasteiger partial charge >= 0.3 is 0 Å². The van der Waals surface area contributed by atoms with Crippen molar-refractivity contribution in [3.63, 3.8) is 0 Å². The van der Waals surface area contributed by atoms with Gasteiger partial charge in [-0.05, 0) is 57.0 Å². The van der Waals surface area contributed by atoms with Crippen molar-refractivity contribution in [3.05, 3.63) is 95.6 Å². The Morgan fingerprint density at radius 2 is 1.50 bits per heavy atom. The topological polar surface area (TPSA) is 86.8 Å². The number of para-hydroxylation sites is 1. The highest BCUT2D eigenvalue weighted by Crippen LogP contribution is 2.27. The highest BCUT2D eigenvalue weighted by molar-refractivity contribution is 7.92. The minimum atomic E-state index is -4.07. The van der Waals surface area contributed by atoms with Gasteiger partial charge in [-0.3, -0.25) is 13.9 Å². The molecule has 8 heteroatoms. The van der Waals surface area contributed by atoms with Gasteiger partial charge in [0.15, 0.2) is 0 Å². The standard InChI is InChI=1S/C28H33N3O4S/c1-5-29-28(33)23(4)30(19-24-12-7-6-8-13-24)27(32)20-31(26-14-10-9-11-22(26)3)36(34,35)25-17-15-21(2)16-18-25/h6-18,23H,5,19-20H2,1-4H3,(H,29,33)/t23-/m1/s1. The van der Waals surface area contributed by atoms with E-state index in [2.05, 4.69) is 5.32 Å². The quantitative estimate of drug-likeness (QED) is 0.449. The number of aryl methyl sites for hydroxylation is 2. The van der Waals surface area contributed by atoms with Gasteiger partial charge in [0.05, 0.1) is 10.6 Å². The Morgan fingerprint density at radius 1 is 0.889 bits per heavy atom. The predicted molar refractivity (Wildman–Crippen MR) is 142 cm³/mol. The average molecular weight is 508 g/mol. The Morgan fingerprint density at radius 3 is 2.11 bits per heavy atom. The maximum absolute atomic E-state index is 13.8. The molecule has 3 rings (SSSR count). The molecule has 0 heterocycles. The summed E-state index contributed by atoms with van der Waals surface area (Å²) in [5, 5.41) is 2.76. The fraction of sp³-hybridized carbons (Fsp3) is 0.286. The molecule has 0 bridgehead atoms. The summed E-state index contributed by atoms with van der Waals surface area (Å²) in [5.41, 5.74) is 2.90. The Balaban J connectivity index is 2.03. The SMILES string of the molecule is CCNC(=O)[C@@H](C)N(Cc1ccccc1)C(=O)CN(c1ccccc1C)S(=O)(=O)c1ccc(C)cc1. The summed E-state index contributed by atoms with van der Waals surface area (Å²) in [6.07, 6.45) is 0. The van der Waals surface area contributed by atoms with E-state index in [1.165, 1.54) is 4.90 Å². The Bertz CT molecular complexity index is 1290. The largest absolute Gasteiger partial charge is 0.355 e. The molecule has 0 saturated carbocycles. The highest BCUT2D eigenvalue weighted by Gasteiger charge is 2.32. The Kier molecular flexibility index (Phi) is 8.88. The molecule has 0 aliphatic carbocycles. The van der Waals surface area contributed by atoms with Crippen molar-refractivity contribution >= 4 is 27.5 Å². The first-order valence-electron chi connectivity index (χ1n) is 11.9. The normalized spacial score (nSPS) is 12.0. The lowest BCUT2D eigenvalue weighted by Gasteiger charge is -2.32. The third kappa shape index (κ3) is 6.31. The monoisotopic (exact) mass is 507 g/mol. The predicted octanol–water partition coefficient (Wildman–Crippen LogP) is 4.05. The van der Waals surface area contributed by atoms with Gasteiger partial charge in [0.25, 0.3) is 10.0 Å². The van der Waals surface area contributed by atoms with Crippen molar-refractivity contribution in [3.8, 4) is 0 Å². The first-order chi connectivity index (χ1) is 17.1. The van der Waals surface area contributed by atoms with Gasteiger partial charge in [-0.25, -0.2) is 8.42 Å². The summed E-state index contributed by atoms with van der Waals surface area (Å²) in [5.74, 6) is -0.776. The summed E-state index contributed by atoms with van der Waals surface area (Å²) < 4.78 is 28.7. The Hall–Kier alpha value is -3.65. The highest BCUT2D eigenvalue weighted by atomic mass is 32.2. The summed E-state index contributed by atoms with van der Waals surface area (Å²) in [7, 11) is -4.07. The van der Waals surface area contributed by atoms with Crippen LogP contribution in [-0.4, -0.2) is 44.3 Å². The maximum atomic E-state index is 13.8. The van der Waals surface area contributed by atoms with E-state index in [0.717, 1.165) is 15.4 Å². The minimum absolute atomic E-state index is 0.0931. The fourth-order valence-electron chi connectivity index (χ4n) is 3.88. The number of hydrogen-bond donors (Lipinski definition) is 1. The van der Waals surface area contributed by atoms with Crippen molar-refractivity contribution in [2.45, 2.75) is 45.2 Å². The number of likely N-dealkylation sites (N-methyl/N-ethyl adjacent to an activating group) is 1. The second-order valence-corrected chi connectivity index (χ2v) is 10.6. The van der Waals surface area contributed by atoms with Crippen LogP contribution in [0.2, 0.25) is 0 Å². The van der Waals surface area contributed by atoms with Gasteiger partial charge in [0.2, 0.25) is 11.8 Å². The number of carbonyl (C=O) groups is 2. The third-order valence-electron chi connectivity index (χ3n) is 5.99. The van der Waals surface area contributed by atoms with Gasteiger partial charge < -0.3 is 10.2 Å². The molecule has 0 aliphatic rings. The summed E-state index contributed by atoms with van der Waals surface area (Å²) in [6.45, 7) is 7.29. The van der Waals surface area contributed by atoms with Gasteiger partial charge in [0, 0.05) is 13.1 Å². The number of nitrogens with one attached hydrogen (secondary N) is 1. The number of benzene rings is 3. The van der Waals surface area contributed by atoms with Crippen LogP contribution in [-0.2, 0) is 26.2 Å². The summed E-state index contributed by atoms with van der Waals surface area (Å²) in [4.78, 5) is 28.0. The van der Waals surface area contributed by atoms with Crippen LogP contribution in [0.1, 0.15) is 30.5 Å². The molecule has 190 valence electrons. The second-order valence-electron chi connectivity index (χ2n) is 8.69. The van der Waals surface area contributed by atoms with E-state index in [1.54, 1.807) is 56.3 Å². The molecule has 0 radical (unpaired) electrons. The number of nitrogens with zero attached hydrogens (tertiary/aromatic N) is 2. The molecule has 1 N–H and O–H groups in total. The summed E-state index contributed by atoms with van der Waals surface area (Å²) in [6, 6.07) is 22.1. The third-order valence-corrected chi connectivity index (χ3v) is 7.76. The number of carbonyl (C=O) groups excluding carboxylic acids is 2. The summed E-state index contributed by atoms with van der Waals surface area (Å²) >= 11 is 0. The molecule has 36 heavy (non-hydrogen) atoms. The van der Waals surface area contributed by atoms with E-state index >= 15 is 0 Å². The van der Waals surface area contributed by atoms with Gasteiger partial charge in [-0.2, -0.15) is 0 Å². The molecule has 0 aromatic heterocycles. The number of amides is 2. The van der Waals surface area contributed by atoms with Crippen molar-refractivity contribution in [1.29, 1.82) is 0 Å². The number of rotatable bonds is 10. The lowest BCUT2D eigenvalue weighted by molar-refractivity contribution is -0.139. The van der Waals surface area contributed by atoms with Crippen LogP contribution < -0.4 is 9.62 Å². The van der Waals surface area contributed by atoms with Crippen molar-refractivity contribution < 1.29 is 18.0 Å². The van der Waals surface area contributed by atoms with Gasteiger partial charge in [-0.1, -0.05) is 66.2 Å². The van der Waals surface area contributed by atoms with Gasteiger partial charge in [0.1, 0.15) is 12.6 Å². The number of anilines is 1. The molecule has 0 unspecified atom stereocenters. The van der Waals surface area contributed by atoms with Crippen molar-refractivity contribution in [1.82, 2.24) is 10.2 Å². The van der Waals surface area contributed by atoms with Crippen LogP contribution >= 0.6 is 0 Å². The molecule has 0 saturated heterocycles. The first kappa shape index (κ1) is 26.9. The molecule has 0 fully saturated rings. The smallest absolute Gasteiger partial charge is 0.264 e. The molecule has 7 nitrogen and oxygen atoms in total. The molecule has 0 spiro atoms. The molecule has 2 amide bonds. The van der Waals surface area contributed by atoms with Crippen LogP contribution in [0.15, 0.2) is 83.8 Å². The van der Waals surface area contributed by atoms with Gasteiger partial charge in [-0.15, -0.1) is 0 Å². The minimum Gasteiger partial charge on any atom is -0.355 e. The van der Waals surface area contributed by atoms with Crippen molar-refractivity contribution in [2.24, 2.45) is 0 Å². The fourth-order valence-corrected chi connectivity index (χ4v) is 5.36. The van der Waals surface area contributed by atoms with E-state index in [1.807, 2.05) is 50.2 Å². The molecule has 1 atom stereocenters. The van der Waals surface area contributed by atoms with Crippen LogP contribution in [0.4, 0.5) is 5.69 Å². The van der Waals surface area contributed by atoms with Crippen LogP contribution in [0.3, 0.4) is 0 Å². The van der Waals surface area contributed by atoms with E-state index in [-0.39, 0.29) is 17.3 Å². The Labute approximate surface area is 213 Å². The zero-order valence-corrected chi connectivity index (χ0v) is 22.0. The van der Waals surface area contributed by atoms with E-state index in [4.69, 9.17) is 0 Å². The van der Waals surface area contributed by atoms with Crippen LogP contribution in [0.25, 0.3) is 0 Å². The lowest BCUT2D eigenvalue weighted by Crippen LogP contribution is -2.51. The second kappa shape index (κ2) is 11.9. The van der Waals surface area contributed by atoms with Crippen LogP contribution in [0, 0.1) is 13.8 Å². The molecule has 3 aromatic carbocycles. The molecule has 0 aliphatic heterocycles. The average Bonchev–Trinajstić information content (AvgIpc) is 2.87. The van der Waals surface area contributed by atoms with Crippen molar-refractivity contribution in [2.75, 3.05) is 17.4 Å². The zero-order chi connectivity index (χ0) is 26.3. The van der Waals surface area contributed by atoms with E-state index < -0.39 is 28.5 Å². The van der Waals surface area contributed by atoms with E-state index in [0.29, 0.717) is 17.8 Å². The zero-order valence-electron chi connectivity index (χ0n) is 21.1. The van der Waals surface area contributed by atoms with Crippen LogP contribution in [0.5, 0.6) is 0 Å². The number of hydrogen-bond acceptors (Lipinski definition) is 4. The molecule has 3 aromatic rings. The maximum Gasteiger partial charge on any atom is 0.264 e. The lowest BCUT2D eigenvalue weighted by atomic mass is 10.1. The first-order valence-corrected chi connectivity index (χ1v) is 13.3. The molecular weight excluding hydrogens is 474 g/mol.